The van der Waals surface area contributed by atoms with Crippen LogP contribution in [0.25, 0.3) is 0 Å². The molecule has 2 N–H and O–H groups in total. The first-order valence-corrected chi connectivity index (χ1v) is 4.13. The molecule has 0 saturated heterocycles. The highest BCUT2D eigenvalue weighted by Crippen LogP contribution is 1.98. The summed E-state index contributed by atoms with van der Waals surface area (Å²) < 4.78 is 5.39. The molecule has 62 valence electrons. The highest BCUT2D eigenvalue weighted by atomic mass is 16.5. The highest BCUT2D eigenvalue weighted by molar-refractivity contribution is 5.75. The molecule has 1 aliphatic rings. The Hall–Kier alpha value is -0.830. The molecule has 0 unspecified atom stereocenters. The van der Waals surface area contributed by atoms with Gasteiger partial charge in [0, 0.05) is 0 Å². The fraction of sp³-hybridized carbons (Fsp3) is 0.625. The second-order valence-corrected chi connectivity index (χ2v) is 2.55. The van der Waals surface area contributed by atoms with E-state index in [0.29, 0.717) is 0 Å². The molecule has 3 nitrogen and oxygen atoms in total. The first kappa shape index (κ1) is 8.27. The van der Waals surface area contributed by atoms with Crippen LogP contribution in [0, 0.1) is 0 Å². The summed E-state index contributed by atoms with van der Waals surface area (Å²) in [4.78, 5) is 0. The molecule has 0 fully saturated rings. The summed E-state index contributed by atoms with van der Waals surface area (Å²) in [5.41, 5.74) is 1.75. The van der Waals surface area contributed by atoms with Gasteiger partial charge in [-0.15, -0.1) is 0 Å². The molecule has 11 heavy (non-hydrogen) atoms. The van der Waals surface area contributed by atoms with Crippen molar-refractivity contribution < 1.29 is 10.2 Å². The topological polar surface area (TPSA) is 38.2 Å². The number of nitrogens with zero attached hydrogens (tertiary/aromatic N) is 1. The zero-order valence-electron chi connectivity index (χ0n) is 6.92. The van der Waals surface area contributed by atoms with Crippen LogP contribution in [0.15, 0.2) is 17.1 Å². The Morgan fingerprint density at radius 2 is 2.45 bits per heavy atom. The Kier molecular flexibility index (Phi) is 3.69. The minimum absolute atomic E-state index is 0.819. The number of unbranched alkanes of at least 4 members (excludes halogenated alkanes) is 2. The minimum atomic E-state index is 0.819. The molecule has 1 aliphatic heterocycles. The van der Waals surface area contributed by atoms with Crippen molar-refractivity contribution in [3.63, 3.8) is 0 Å². The number of quaternary nitrogens is 1. The summed E-state index contributed by atoms with van der Waals surface area (Å²) in [6, 6.07) is 0. The number of hydrogen-bond acceptors (Lipinski definition) is 2. The van der Waals surface area contributed by atoms with Gasteiger partial charge in [0.25, 0.3) is 0 Å². The Bertz CT molecular complexity index is 163. The van der Waals surface area contributed by atoms with E-state index in [-0.39, 0.29) is 0 Å². The van der Waals surface area contributed by atoms with Gasteiger partial charge in [0.1, 0.15) is 6.21 Å². The predicted octanol–water partition coefficient (Wildman–Crippen LogP) is 0.597. The first-order valence-electron chi connectivity index (χ1n) is 4.13. The van der Waals surface area contributed by atoms with Crippen LogP contribution >= 0.6 is 0 Å². The van der Waals surface area contributed by atoms with E-state index in [9.17, 15) is 0 Å². The predicted molar refractivity (Wildman–Crippen MR) is 44.0 cm³/mol. The van der Waals surface area contributed by atoms with Gasteiger partial charge in [0.15, 0.2) is 12.0 Å². The number of ether oxygens (including phenoxy) is 1. The Morgan fingerprint density at radius 1 is 1.55 bits per heavy atom. The molecular weight excluding hydrogens is 140 g/mol. The fourth-order valence-corrected chi connectivity index (χ4v) is 0.903. The maximum absolute atomic E-state index is 5.39. The standard InChI is InChI=1S/C8H14N2O/c1-2-3-4-5-11-8-6-9-10-7-8/h6-7H,2-5H2,1H3,(H,9,10)/p+1. The number of allylic oxidation sites excluding steroid dienone is 1. The molecule has 3 heteroatoms. The summed E-state index contributed by atoms with van der Waals surface area (Å²) in [6.45, 7) is 3.00. The van der Waals surface area contributed by atoms with Gasteiger partial charge in [0.2, 0.25) is 0 Å². The third kappa shape index (κ3) is 3.18. The molecule has 0 aromatic rings. The lowest BCUT2D eigenvalue weighted by Gasteiger charge is -2.00. The zero-order chi connectivity index (χ0) is 7.94. The van der Waals surface area contributed by atoms with Gasteiger partial charge in [-0.3, -0.25) is 0 Å². The molecule has 0 bridgehead atoms. The van der Waals surface area contributed by atoms with Gasteiger partial charge in [-0.1, -0.05) is 24.9 Å². The van der Waals surface area contributed by atoms with E-state index in [2.05, 4.69) is 12.0 Å². The SMILES string of the molecule is CCCCCOC1=C[NH2+]N=C1. The van der Waals surface area contributed by atoms with Crippen molar-refractivity contribution in [2.24, 2.45) is 5.10 Å². The maximum atomic E-state index is 5.39. The van der Waals surface area contributed by atoms with Gasteiger partial charge in [-0.05, 0) is 6.42 Å². The summed E-state index contributed by atoms with van der Waals surface area (Å²) in [5.74, 6) is 0.890. The quantitative estimate of drug-likeness (QED) is 0.458. The average Bonchev–Trinajstić information content (AvgIpc) is 2.50. The lowest BCUT2D eigenvalue weighted by molar-refractivity contribution is -0.590. The van der Waals surface area contributed by atoms with E-state index in [4.69, 9.17) is 4.74 Å². The third-order valence-electron chi connectivity index (χ3n) is 1.54. The Labute approximate surface area is 67.1 Å². The van der Waals surface area contributed by atoms with Crippen molar-refractivity contribution >= 4 is 6.21 Å². The summed E-state index contributed by atoms with van der Waals surface area (Å²) in [7, 11) is 0. The number of nitrogens with two attached hydrogens (primary N) is 1. The van der Waals surface area contributed by atoms with Gasteiger partial charge < -0.3 is 4.74 Å². The van der Waals surface area contributed by atoms with Crippen molar-refractivity contribution in [1.82, 2.24) is 0 Å². The zero-order valence-corrected chi connectivity index (χ0v) is 6.92. The molecule has 0 amide bonds. The van der Waals surface area contributed by atoms with Crippen molar-refractivity contribution in [2.45, 2.75) is 26.2 Å². The van der Waals surface area contributed by atoms with Crippen LogP contribution in [0.3, 0.4) is 0 Å². The molecule has 0 aromatic heterocycles. The molecule has 1 rings (SSSR count). The summed E-state index contributed by atoms with van der Waals surface area (Å²) in [6.07, 6.45) is 7.25. The van der Waals surface area contributed by atoms with Crippen molar-refractivity contribution in [1.29, 1.82) is 0 Å². The van der Waals surface area contributed by atoms with E-state index in [1.165, 1.54) is 12.8 Å². The molecule has 0 radical (unpaired) electrons. The third-order valence-corrected chi connectivity index (χ3v) is 1.54. The maximum Gasteiger partial charge on any atom is 0.198 e. The molecule has 0 aromatic carbocycles. The summed E-state index contributed by atoms with van der Waals surface area (Å²) in [5, 5.41) is 3.90. The van der Waals surface area contributed by atoms with Crippen molar-refractivity contribution in [3.05, 3.63) is 12.0 Å². The van der Waals surface area contributed by atoms with Crippen LogP contribution in [-0.2, 0) is 4.74 Å². The second-order valence-electron chi connectivity index (χ2n) is 2.55. The van der Waals surface area contributed by atoms with E-state index in [1.807, 2.05) is 6.20 Å². The first-order chi connectivity index (χ1) is 5.43. The number of hydrogen-bond donors (Lipinski definition) is 1. The molecule has 0 atom stereocenters. The van der Waals surface area contributed by atoms with E-state index < -0.39 is 0 Å². The smallest absolute Gasteiger partial charge is 0.198 e. The lowest BCUT2D eigenvalue weighted by Crippen LogP contribution is -2.69. The summed E-state index contributed by atoms with van der Waals surface area (Å²) >= 11 is 0. The Morgan fingerprint density at radius 3 is 3.09 bits per heavy atom. The molecule has 0 spiro atoms. The molecule has 1 heterocycles. The van der Waals surface area contributed by atoms with Crippen LogP contribution in [0.4, 0.5) is 0 Å². The van der Waals surface area contributed by atoms with E-state index in [1.54, 1.807) is 11.6 Å². The molecule has 0 aliphatic carbocycles. The lowest BCUT2D eigenvalue weighted by atomic mass is 10.3. The van der Waals surface area contributed by atoms with Gasteiger partial charge in [-0.2, -0.15) is 5.43 Å². The van der Waals surface area contributed by atoms with Crippen molar-refractivity contribution in [3.8, 4) is 0 Å². The van der Waals surface area contributed by atoms with Crippen LogP contribution in [0.1, 0.15) is 26.2 Å². The molecular formula is C8H15N2O+. The van der Waals surface area contributed by atoms with Crippen LogP contribution < -0.4 is 5.43 Å². The van der Waals surface area contributed by atoms with Gasteiger partial charge in [-0.25, -0.2) is 0 Å². The highest BCUT2D eigenvalue weighted by Gasteiger charge is 2.01. The van der Waals surface area contributed by atoms with E-state index in [0.717, 1.165) is 18.8 Å². The molecule has 0 saturated carbocycles. The number of rotatable bonds is 5. The second kappa shape index (κ2) is 4.91. The normalized spacial score (nSPS) is 15.2. The largest absolute Gasteiger partial charge is 0.487 e. The van der Waals surface area contributed by atoms with E-state index >= 15 is 0 Å². The van der Waals surface area contributed by atoms with Crippen molar-refractivity contribution in [2.75, 3.05) is 6.61 Å². The minimum Gasteiger partial charge on any atom is -0.487 e. The van der Waals surface area contributed by atoms with Crippen LogP contribution in [-0.4, -0.2) is 12.8 Å². The fourth-order valence-electron chi connectivity index (χ4n) is 0.903. The average molecular weight is 155 g/mol. The van der Waals surface area contributed by atoms with Crippen LogP contribution in [0.2, 0.25) is 0 Å². The monoisotopic (exact) mass is 155 g/mol. The van der Waals surface area contributed by atoms with Gasteiger partial charge in [0.05, 0.1) is 6.61 Å². The Balaban J connectivity index is 1.99. The van der Waals surface area contributed by atoms with Crippen LogP contribution in [0.5, 0.6) is 0 Å². The van der Waals surface area contributed by atoms with Gasteiger partial charge >= 0.3 is 0 Å².